The van der Waals surface area contributed by atoms with E-state index in [1.54, 1.807) is 11.8 Å². The van der Waals surface area contributed by atoms with Gasteiger partial charge in [-0.25, -0.2) is 4.98 Å². The second-order valence-electron chi connectivity index (χ2n) is 5.31. The fraction of sp³-hybridized carbons (Fsp3) is 0.500. The molecule has 0 radical (unpaired) electrons. The quantitative estimate of drug-likeness (QED) is 0.632. The molecule has 3 nitrogen and oxygen atoms in total. The summed E-state index contributed by atoms with van der Waals surface area (Å²) in [5.41, 5.74) is 0.957. The maximum Gasteiger partial charge on any atom is 0.262 e. The Morgan fingerprint density at radius 2 is 2.00 bits per heavy atom. The van der Waals surface area contributed by atoms with Gasteiger partial charge < -0.3 is 0 Å². The summed E-state index contributed by atoms with van der Waals surface area (Å²) in [6.45, 7) is 2.11. The summed E-state index contributed by atoms with van der Waals surface area (Å²) in [6.07, 6.45) is 5.96. The fourth-order valence-electron chi connectivity index (χ4n) is 3.02. The van der Waals surface area contributed by atoms with Crippen LogP contribution in [0, 0.1) is 0 Å². The minimum atomic E-state index is 0.137. The van der Waals surface area contributed by atoms with Crippen molar-refractivity contribution in [2.45, 2.75) is 50.2 Å². The second kappa shape index (κ2) is 6.00. The highest BCUT2D eigenvalue weighted by molar-refractivity contribution is 7.99. The molecular formula is C16H20N2OS. The Bertz CT molecular complexity index is 659. The first-order chi connectivity index (χ1) is 9.81. The van der Waals surface area contributed by atoms with Crippen LogP contribution in [0.2, 0.25) is 0 Å². The molecule has 4 heteroatoms. The molecule has 1 aromatic heterocycles. The topological polar surface area (TPSA) is 34.9 Å². The van der Waals surface area contributed by atoms with Crippen molar-refractivity contribution in [1.82, 2.24) is 9.55 Å². The summed E-state index contributed by atoms with van der Waals surface area (Å²) in [6, 6.07) is 8.03. The number of thioether (sulfide) groups is 1. The summed E-state index contributed by atoms with van der Waals surface area (Å²) in [5, 5.41) is 1.64. The SMILES string of the molecule is CCSc1nc2ccccc2c(=O)n1C1CCCCC1. The Labute approximate surface area is 123 Å². The van der Waals surface area contributed by atoms with Gasteiger partial charge in [-0.15, -0.1) is 0 Å². The van der Waals surface area contributed by atoms with Crippen LogP contribution in [0.4, 0.5) is 0 Å². The van der Waals surface area contributed by atoms with Crippen molar-refractivity contribution in [3.8, 4) is 0 Å². The molecule has 1 aliphatic carbocycles. The van der Waals surface area contributed by atoms with Crippen LogP contribution in [0.15, 0.2) is 34.2 Å². The average Bonchev–Trinajstić information content (AvgIpc) is 2.49. The maximum absolute atomic E-state index is 12.8. The lowest BCUT2D eigenvalue weighted by atomic mass is 9.95. The van der Waals surface area contributed by atoms with Crippen LogP contribution in [-0.4, -0.2) is 15.3 Å². The zero-order valence-corrected chi connectivity index (χ0v) is 12.7. The van der Waals surface area contributed by atoms with Crippen LogP contribution in [0.3, 0.4) is 0 Å². The molecule has 2 aromatic rings. The lowest BCUT2D eigenvalue weighted by Crippen LogP contribution is -2.29. The average molecular weight is 288 g/mol. The first kappa shape index (κ1) is 13.7. The molecule has 1 fully saturated rings. The van der Waals surface area contributed by atoms with E-state index in [1.807, 2.05) is 28.8 Å². The molecule has 1 heterocycles. The molecule has 1 aliphatic rings. The van der Waals surface area contributed by atoms with E-state index in [9.17, 15) is 4.79 Å². The number of hydrogen-bond donors (Lipinski definition) is 0. The first-order valence-electron chi connectivity index (χ1n) is 7.45. The van der Waals surface area contributed by atoms with E-state index in [-0.39, 0.29) is 5.56 Å². The summed E-state index contributed by atoms with van der Waals surface area (Å²) >= 11 is 1.68. The second-order valence-corrected chi connectivity index (χ2v) is 6.54. The number of nitrogens with zero attached hydrogens (tertiary/aromatic N) is 2. The third-order valence-corrected chi connectivity index (χ3v) is 4.82. The Hall–Kier alpha value is -1.29. The normalized spacial score (nSPS) is 16.6. The lowest BCUT2D eigenvalue weighted by molar-refractivity contribution is 0.326. The van der Waals surface area contributed by atoms with Gasteiger partial charge >= 0.3 is 0 Å². The lowest BCUT2D eigenvalue weighted by Gasteiger charge is -2.26. The van der Waals surface area contributed by atoms with Gasteiger partial charge in [-0.3, -0.25) is 9.36 Å². The number of hydrogen-bond acceptors (Lipinski definition) is 3. The van der Waals surface area contributed by atoms with Crippen molar-refractivity contribution in [2.75, 3.05) is 5.75 Å². The monoisotopic (exact) mass is 288 g/mol. The van der Waals surface area contributed by atoms with Crippen molar-refractivity contribution in [3.63, 3.8) is 0 Å². The van der Waals surface area contributed by atoms with Crippen LogP contribution in [0.25, 0.3) is 10.9 Å². The highest BCUT2D eigenvalue weighted by Gasteiger charge is 2.21. The summed E-state index contributed by atoms with van der Waals surface area (Å²) < 4.78 is 1.97. The predicted octanol–water partition coefficient (Wildman–Crippen LogP) is 4.01. The van der Waals surface area contributed by atoms with E-state index in [4.69, 9.17) is 4.98 Å². The van der Waals surface area contributed by atoms with Crippen molar-refractivity contribution in [1.29, 1.82) is 0 Å². The highest BCUT2D eigenvalue weighted by Crippen LogP contribution is 2.30. The van der Waals surface area contributed by atoms with E-state index < -0.39 is 0 Å². The zero-order valence-electron chi connectivity index (χ0n) is 11.8. The number of benzene rings is 1. The zero-order chi connectivity index (χ0) is 13.9. The van der Waals surface area contributed by atoms with Crippen LogP contribution >= 0.6 is 11.8 Å². The standard InChI is InChI=1S/C16H20N2OS/c1-2-20-16-17-14-11-7-6-10-13(14)15(19)18(16)12-8-4-3-5-9-12/h6-7,10-12H,2-5,8-9H2,1H3. The maximum atomic E-state index is 12.8. The molecule has 0 amide bonds. The van der Waals surface area contributed by atoms with Crippen molar-refractivity contribution >= 4 is 22.7 Å². The summed E-state index contributed by atoms with van der Waals surface area (Å²) in [5.74, 6) is 0.942. The van der Waals surface area contributed by atoms with Gasteiger partial charge in [0.1, 0.15) is 0 Å². The number of aromatic nitrogens is 2. The van der Waals surface area contributed by atoms with Crippen LogP contribution in [0.5, 0.6) is 0 Å². The van der Waals surface area contributed by atoms with Gasteiger partial charge in [-0.1, -0.05) is 50.1 Å². The fourth-order valence-corrected chi connectivity index (χ4v) is 3.81. The van der Waals surface area contributed by atoms with Crippen LogP contribution in [0.1, 0.15) is 45.1 Å². The van der Waals surface area contributed by atoms with Gasteiger partial charge in [0.2, 0.25) is 0 Å². The third kappa shape index (κ3) is 2.49. The van der Waals surface area contributed by atoms with E-state index in [0.717, 1.165) is 34.7 Å². The summed E-state index contributed by atoms with van der Waals surface area (Å²) in [7, 11) is 0. The minimum Gasteiger partial charge on any atom is -0.284 e. The molecular weight excluding hydrogens is 268 g/mol. The molecule has 106 valence electrons. The molecule has 0 atom stereocenters. The Morgan fingerprint density at radius 1 is 1.25 bits per heavy atom. The van der Waals surface area contributed by atoms with Gasteiger partial charge in [-0.05, 0) is 30.7 Å². The molecule has 1 saturated carbocycles. The van der Waals surface area contributed by atoms with Crippen LogP contribution in [-0.2, 0) is 0 Å². The number of fused-ring (bicyclic) bond motifs is 1. The smallest absolute Gasteiger partial charge is 0.262 e. The van der Waals surface area contributed by atoms with Gasteiger partial charge in [-0.2, -0.15) is 0 Å². The van der Waals surface area contributed by atoms with Gasteiger partial charge in [0, 0.05) is 6.04 Å². The molecule has 1 aromatic carbocycles. The largest absolute Gasteiger partial charge is 0.284 e. The van der Waals surface area contributed by atoms with Crippen LogP contribution < -0.4 is 5.56 Å². The third-order valence-electron chi connectivity index (χ3n) is 3.99. The van der Waals surface area contributed by atoms with Gasteiger partial charge in [0.25, 0.3) is 5.56 Å². The predicted molar refractivity (Wildman–Crippen MR) is 84.5 cm³/mol. The molecule has 0 unspecified atom stereocenters. The Balaban J connectivity index is 2.18. The van der Waals surface area contributed by atoms with Crippen molar-refractivity contribution in [2.24, 2.45) is 0 Å². The molecule has 0 N–H and O–H groups in total. The molecule has 0 spiro atoms. The number of para-hydroxylation sites is 1. The van der Waals surface area contributed by atoms with E-state index in [0.29, 0.717) is 6.04 Å². The summed E-state index contributed by atoms with van der Waals surface area (Å²) in [4.78, 5) is 17.6. The minimum absolute atomic E-state index is 0.137. The van der Waals surface area contributed by atoms with Gasteiger partial charge in [0.05, 0.1) is 10.9 Å². The Kier molecular flexibility index (Phi) is 4.10. The van der Waals surface area contributed by atoms with Crippen molar-refractivity contribution in [3.05, 3.63) is 34.6 Å². The van der Waals surface area contributed by atoms with E-state index in [2.05, 4.69) is 6.92 Å². The molecule has 0 saturated heterocycles. The Morgan fingerprint density at radius 3 is 2.75 bits per heavy atom. The molecule has 0 aliphatic heterocycles. The van der Waals surface area contributed by atoms with Gasteiger partial charge in [0.15, 0.2) is 5.16 Å². The first-order valence-corrected chi connectivity index (χ1v) is 8.44. The molecule has 20 heavy (non-hydrogen) atoms. The highest BCUT2D eigenvalue weighted by atomic mass is 32.2. The molecule has 3 rings (SSSR count). The number of rotatable bonds is 3. The van der Waals surface area contributed by atoms with Crippen molar-refractivity contribution < 1.29 is 0 Å². The van der Waals surface area contributed by atoms with E-state index in [1.165, 1.54) is 19.3 Å². The molecule has 0 bridgehead atoms. The van der Waals surface area contributed by atoms with E-state index >= 15 is 0 Å².